The zero-order chi connectivity index (χ0) is 22.1. The molecule has 0 aliphatic heterocycles. The number of methoxy groups -OCH3 is 2. The first-order valence-electron chi connectivity index (χ1n) is 8.79. The number of benzene rings is 2. The van der Waals surface area contributed by atoms with E-state index < -0.39 is 31.1 Å². The van der Waals surface area contributed by atoms with Crippen molar-refractivity contribution in [2.45, 2.75) is 6.92 Å². The average molecular weight is 415 g/mol. The van der Waals surface area contributed by atoms with E-state index in [2.05, 4.69) is 10.1 Å². The first kappa shape index (κ1) is 22.4. The average Bonchev–Trinajstić information content (AvgIpc) is 2.75. The van der Waals surface area contributed by atoms with Crippen LogP contribution in [-0.2, 0) is 19.1 Å². The highest BCUT2D eigenvalue weighted by Crippen LogP contribution is 2.28. The lowest BCUT2D eigenvalue weighted by Gasteiger charge is -2.11. The van der Waals surface area contributed by atoms with E-state index in [0.29, 0.717) is 22.6 Å². The Bertz CT molecular complexity index is 937. The summed E-state index contributed by atoms with van der Waals surface area (Å²) in [6.45, 7) is 0.462. The van der Waals surface area contributed by atoms with Gasteiger partial charge >= 0.3 is 11.9 Å². The molecule has 30 heavy (non-hydrogen) atoms. The van der Waals surface area contributed by atoms with Crippen LogP contribution in [0.2, 0.25) is 0 Å². The second kappa shape index (κ2) is 10.6. The van der Waals surface area contributed by atoms with Crippen LogP contribution in [0, 0.1) is 0 Å². The maximum absolute atomic E-state index is 11.9. The minimum Gasteiger partial charge on any atom is -0.493 e. The number of carbonyl (C=O) groups excluding carboxylic acids is 4. The number of anilines is 1. The summed E-state index contributed by atoms with van der Waals surface area (Å²) < 4.78 is 19.9. The fourth-order valence-corrected chi connectivity index (χ4v) is 2.33. The minimum absolute atomic E-state index is 0.134. The van der Waals surface area contributed by atoms with Crippen molar-refractivity contribution in [3.63, 3.8) is 0 Å². The van der Waals surface area contributed by atoms with Crippen LogP contribution in [0.5, 0.6) is 11.5 Å². The van der Waals surface area contributed by atoms with Crippen molar-refractivity contribution in [2.24, 2.45) is 0 Å². The van der Waals surface area contributed by atoms with Gasteiger partial charge in [0, 0.05) is 11.3 Å². The van der Waals surface area contributed by atoms with Crippen LogP contribution >= 0.6 is 0 Å². The molecule has 0 fully saturated rings. The van der Waals surface area contributed by atoms with Crippen molar-refractivity contribution in [3.05, 3.63) is 53.6 Å². The quantitative estimate of drug-likeness (QED) is 0.490. The molecule has 0 aliphatic carbocycles. The molecule has 0 atom stereocenters. The maximum atomic E-state index is 11.9. The first-order chi connectivity index (χ1) is 14.3. The summed E-state index contributed by atoms with van der Waals surface area (Å²) >= 11 is 0. The zero-order valence-electron chi connectivity index (χ0n) is 16.7. The molecule has 9 heteroatoms. The second-order valence-corrected chi connectivity index (χ2v) is 5.99. The van der Waals surface area contributed by atoms with Gasteiger partial charge in [-0.15, -0.1) is 0 Å². The molecular formula is C21H21NO8. The minimum atomic E-state index is -0.760. The molecule has 0 aliphatic rings. The fraction of sp³-hybridized carbons (Fsp3) is 0.238. The van der Waals surface area contributed by atoms with Gasteiger partial charge in [-0.25, -0.2) is 9.59 Å². The third kappa shape index (κ3) is 6.33. The Kier molecular flexibility index (Phi) is 7.92. The van der Waals surface area contributed by atoms with Crippen molar-refractivity contribution in [1.29, 1.82) is 0 Å². The number of rotatable bonds is 9. The maximum Gasteiger partial charge on any atom is 0.344 e. The molecule has 0 unspecified atom stereocenters. The van der Waals surface area contributed by atoms with E-state index in [4.69, 9.17) is 14.2 Å². The van der Waals surface area contributed by atoms with E-state index in [0.717, 1.165) is 0 Å². The summed E-state index contributed by atoms with van der Waals surface area (Å²) in [6, 6.07) is 10.6. The molecule has 0 radical (unpaired) electrons. The van der Waals surface area contributed by atoms with Crippen molar-refractivity contribution < 1.29 is 38.1 Å². The summed E-state index contributed by atoms with van der Waals surface area (Å²) in [5.74, 6) is -1.39. The number of amides is 1. The first-order valence-corrected chi connectivity index (χ1v) is 8.79. The van der Waals surface area contributed by atoms with E-state index in [1.807, 2.05) is 0 Å². The molecule has 2 rings (SSSR count). The summed E-state index contributed by atoms with van der Waals surface area (Å²) in [5.41, 5.74) is 1.21. The van der Waals surface area contributed by atoms with Crippen molar-refractivity contribution in [1.82, 2.24) is 0 Å². The summed E-state index contributed by atoms with van der Waals surface area (Å²) in [4.78, 5) is 46.5. The van der Waals surface area contributed by atoms with Crippen LogP contribution in [0.15, 0.2) is 42.5 Å². The Morgan fingerprint density at radius 3 is 2.13 bits per heavy atom. The number of nitrogens with one attached hydrogen (secondary N) is 1. The predicted molar refractivity (Wildman–Crippen MR) is 106 cm³/mol. The van der Waals surface area contributed by atoms with Gasteiger partial charge in [0.15, 0.2) is 30.5 Å². The zero-order valence-corrected chi connectivity index (χ0v) is 16.7. The van der Waals surface area contributed by atoms with E-state index in [1.54, 1.807) is 6.07 Å². The van der Waals surface area contributed by atoms with Gasteiger partial charge in [-0.2, -0.15) is 0 Å². The lowest BCUT2D eigenvalue weighted by molar-refractivity contribution is -0.149. The Morgan fingerprint density at radius 1 is 0.867 bits per heavy atom. The van der Waals surface area contributed by atoms with Gasteiger partial charge in [-0.1, -0.05) is 0 Å². The number of esters is 2. The van der Waals surface area contributed by atoms with Gasteiger partial charge in [0.05, 0.1) is 19.8 Å². The molecule has 0 saturated carbocycles. The molecule has 0 bridgehead atoms. The molecule has 2 aromatic carbocycles. The van der Waals surface area contributed by atoms with E-state index in [9.17, 15) is 19.2 Å². The Balaban J connectivity index is 1.81. The van der Waals surface area contributed by atoms with Gasteiger partial charge in [0.2, 0.25) is 0 Å². The number of Topliss-reactive ketones (excluding diaryl/α,β-unsaturated/α-hetero) is 1. The molecule has 1 amide bonds. The van der Waals surface area contributed by atoms with E-state index >= 15 is 0 Å². The molecule has 0 heterocycles. The molecule has 0 saturated heterocycles. The van der Waals surface area contributed by atoms with Crippen LogP contribution in [-0.4, -0.2) is 51.1 Å². The van der Waals surface area contributed by atoms with Crippen molar-refractivity contribution in [3.8, 4) is 11.5 Å². The number of hydrogen-bond donors (Lipinski definition) is 1. The summed E-state index contributed by atoms with van der Waals surface area (Å²) in [6.07, 6.45) is 0. The van der Waals surface area contributed by atoms with Gasteiger partial charge in [0.25, 0.3) is 5.91 Å². The topological polar surface area (TPSA) is 117 Å². The summed E-state index contributed by atoms with van der Waals surface area (Å²) in [7, 11) is 2.68. The van der Waals surface area contributed by atoms with Crippen molar-refractivity contribution in [2.75, 3.05) is 32.8 Å². The van der Waals surface area contributed by atoms with Crippen LogP contribution in [0.1, 0.15) is 27.6 Å². The number of ether oxygens (including phenoxy) is 4. The van der Waals surface area contributed by atoms with Crippen LogP contribution in [0.3, 0.4) is 0 Å². The van der Waals surface area contributed by atoms with Crippen LogP contribution in [0.4, 0.5) is 5.69 Å². The highest BCUT2D eigenvalue weighted by Gasteiger charge is 2.13. The lowest BCUT2D eigenvalue weighted by Crippen LogP contribution is -2.23. The third-order valence-corrected chi connectivity index (χ3v) is 3.87. The Hall–Kier alpha value is -3.88. The normalized spacial score (nSPS) is 9.97. The SMILES string of the molecule is COC(=O)c1ccc(NC(=O)COC(=O)COc2ccc(C(C)=O)cc2OC)cc1. The summed E-state index contributed by atoms with van der Waals surface area (Å²) in [5, 5.41) is 2.53. The molecular weight excluding hydrogens is 394 g/mol. The largest absolute Gasteiger partial charge is 0.493 e. The lowest BCUT2D eigenvalue weighted by atomic mass is 10.1. The second-order valence-electron chi connectivity index (χ2n) is 5.99. The Morgan fingerprint density at radius 2 is 1.53 bits per heavy atom. The van der Waals surface area contributed by atoms with E-state index in [1.165, 1.54) is 57.5 Å². The molecule has 1 N–H and O–H groups in total. The number of ketones is 1. The predicted octanol–water partition coefficient (Wildman–Crippen LogP) is 2.25. The van der Waals surface area contributed by atoms with Crippen LogP contribution < -0.4 is 14.8 Å². The monoisotopic (exact) mass is 415 g/mol. The van der Waals surface area contributed by atoms with Gasteiger partial charge in [-0.05, 0) is 49.4 Å². The molecule has 2 aromatic rings. The molecule has 158 valence electrons. The van der Waals surface area contributed by atoms with Crippen LogP contribution in [0.25, 0.3) is 0 Å². The van der Waals surface area contributed by atoms with Gasteiger partial charge in [-0.3, -0.25) is 9.59 Å². The molecule has 0 aromatic heterocycles. The smallest absolute Gasteiger partial charge is 0.344 e. The highest BCUT2D eigenvalue weighted by atomic mass is 16.6. The fourth-order valence-electron chi connectivity index (χ4n) is 2.33. The number of hydrogen-bond acceptors (Lipinski definition) is 8. The Labute approximate surface area is 172 Å². The van der Waals surface area contributed by atoms with Crippen molar-refractivity contribution >= 4 is 29.3 Å². The highest BCUT2D eigenvalue weighted by molar-refractivity contribution is 5.95. The van der Waals surface area contributed by atoms with Gasteiger partial charge in [0.1, 0.15) is 0 Å². The molecule has 0 spiro atoms. The third-order valence-electron chi connectivity index (χ3n) is 3.87. The van der Waals surface area contributed by atoms with Gasteiger partial charge < -0.3 is 24.3 Å². The molecule has 9 nitrogen and oxygen atoms in total. The van der Waals surface area contributed by atoms with E-state index in [-0.39, 0.29) is 11.5 Å². The number of carbonyl (C=O) groups is 4. The standard InChI is InChI=1S/C21H21NO8/c1-13(23)15-6-9-17(18(10-15)27-2)29-12-20(25)30-11-19(24)22-16-7-4-14(5-8-16)21(26)28-3/h4-10H,11-12H2,1-3H3,(H,22,24).